The first kappa shape index (κ1) is 15.9. The molecule has 0 saturated carbocycles. The van der Waals surface area contributed by atoms with Crippen LogP contribution in [0.1, 0.15) is 24.9 Å². The van der Waals surface area contributed by atoms with Crippen LogP contribution in [0.2, 0.25) is 0 Å². The Morgan fingerprint density at radius 3 is 2.48 bits per heavy atom. The number of nitrogens with one attached hydrogen (secondary N) is 1. The molecule has 1 aromatic rings. The van der Waals surface area contributed by atoms with E-state index in [0.29, 0.717) is 34.7 Å². The van der Waals surface area contributed by atoms with Crippen molar-refractivity contribution in [2.75, 3.05) is 13.2 Å². The highest BCUT2D eigenvalue weighted by atomic mass is 79.9. The fourth-order valence-electron chi connectivity index (χ4n) is 1.96. The number of hydrogen-bond donors (Lipinski definition) is 1. The fraction of sp³-hybridized carbons (Fsp3) is 0.462. The van der Waals surface area contributed by atoms with E-state index in [1.807, 2.05) is 0 Å². The van der Waals surface area contributed by atoms with Gasteiger partial charge in [-0.2, -0.15) is 13.2 Å². The summed E-state index contributed by atoms with van der Waals surface area (Å²) in [6.07, 6.45) is -6.02. The number of carbonyl (C=O) groups is 1. The largest absolute Gasteiger partial charge is 0.486 e. The van der Waals surface area contributed by atoms with Crippen molar-refractivity contribution in [3.63, 3.8) is 0 Å². The Morgan fingerprint density at radius 2 is 1.90 bits per heavy atom. The van der Waals surface area contributed by atoms with Crippen LogP contribution in [0.15, 0.2) is 16.6 Å². The standard InChI is InChI=1S/C13H13BrF3NO3/c1-7(18-12(19)6-13(15,16)17)8-4-10-11(5-9(8)14)21-3-2-20-10/h4-5,7H,2-3,6H2,1H3,(H,18,19). The number of ether oxygens (including phenoxy) is 2. The normalized spacial score (nSPS) is 15.5. The molecule has 0 saturated heterocycles. The first-order valence-electron chi connectivity index (χ1n) is 6.21. The summed E-state index contributed by atoms with van der Waals surface area (Å²) in [6.45, 7) is 2.45. The third kappa shape index (κ3) is 4.26. The van der Waals surface area contributed by atoms with Crippen molar-refractivity contribution < 1.29 is 27.4 Å². The predicted molar refractivity (Wildman–Crippen MR) is 72.4 cm³/mol. The van der Waals surface area contributed by atoms with Crippen molar-refractivity contribution in [2.24, 2.45) is 0 Å². The molecule has 1 N–H and O–H groups in total. The summed E-state index contributed by atoms with van der Waals surface area (Å²) in [5.41, 5.74) is 0.620. The van der Waals surface area contributed by atoms with Gasteiger partial charge in [-0.05, 0) is 24.6 Å². The molecule has 116 valence electrons. The molecule has 1 unspecified atom stereocenters. The van der Waals surface area contributed by atoms with Gasteiger partial charge in [-0.15, -0.1) is 0 Å². The molecule has 1 heterocycles. The quantitative estimate of drug-likeness (QED) is 0.890. The van der Waals surface area contributed by atoms with E-state index < -0.39 is 24.5 Å². The molecule has 1 aliphatic rings. The van der Waals surface area contributed by atoms with Gasteiger partial charge < -0.3 is 14.8 Å². The van der Waals surface area contributed by atoms with E-state index in [0.717, 1.165) is 0 Å². The van der Waals surface area contributed by atoms with E-state index in [4.69, 9.17) is 9.47 Å². The van der Waals surface area contributed by atoms with Gasteiger partial charge >= 0.3 is 6.18 Å². The zero-order valence-electron chi connectivity index (χ0n) is 11.1. The second-order valence-corrected chi connectivity index (χ2v) is 5.45. The van der Waals surface area contributed by atoms with E-state index in [1.54, 1.807) is 19.1 Å². The topological polar surface area (TPSA) is 47.6 Å². The Kier molecular flexibility index (Phi) is 4.65. The van der Waals surface area contributed by atoms with Gasteiger partial charge in [-0.25, -0.2) is 0 Å². The van der Waals surface area contributed by atoms with Crippen LogP contribution < -0.4 is 14.8 Å². The number of fused-ring (bicyclic) bond motifs is 1. The second-order valence-electron chi connectivity index (χ2n) is 4.60. The highest BCUT2D eigenvalue weighted by Crippen LogP contribution is 2.37. The number of hydrogen-bond acceptors (Lipinski definition) is 3. The van der Waals surface area contributed by atoms with Crippen molar-refractivity contribution in [3.8, 4) is 11.5 Å². The maximum atomic E-state index is 12.2. The van der Waals surface area contributed by atoms with Gasteiger partial charge in [-0.3, -0.25) is 4.79 Å². The van der Waals surface area contributed by atoms with E-state index in [1.165, 1.54) is 0 Å². The lowest BCUT2D eigenvalue weighted by Crippen LogP contribution is -2.31. The lowest BCUT2D eigenvalue weighted by molar-refractivity contribution is -0.154. The van der Waals surface area contributed by atoms with Gasteiger partial charge in [0, 0.05) is 4.47 Å². The minimum Gasteiger partial charge on any atom is -0.486 e. The van der Waals surface area contributed by atoms with Crippen LogP contribution in [0.25, 0.3) is 0 Å². The number of alkyl halides is 3. The average Bonchev–Trinajstić information content (AvgIpc) is 2.35. The zero-order valence-corrected chi connectivity index (χ0v) is 12.7. The van der Waals surface area contributed by atoms with Crippen molar-refractivity contribution in [3.05, 3.63) is 22.2 Å². The number of amides is 1. The van der Waals surface area contributed by atoms with Gasteiger partial charge in [0.2, 0.25) is 5.91 Å². The molecular formula is C13H13BrF3NO3. The van der Waals surface area contributed by atoms with Crippen LogP contribution in [0, 0.1) is 0 Å². The molecule has 0 aliphatic carbocycles. The summed E-state index contributed by atoms with van der Waals surface area (Å²) in [5, 5.41) is 2.32. The molecule has 21 heavy (non-hydrogen) atoms. The summed E-state index contributed by atoms with van der Waals surface area (Å²) in [5.74, 6) is -0.00106. The van der Waals surface area contributed by atoms with Gasteiger partial charge in [0.15, 0.2) is 11.5 Å². The van der Waals surface area contributed by atoms with Crippen molar-refractivity contribution >= 4 is 21.8 Å². The molecular weight excluding hydrogens is 355 g/mol. The third-order valence-corrected chi connectivity index (χ3v) is 3.55. The Hall–Kier alpha value is -1.44. The molecule has 1 aliphatic heterocycles. The third-order valence-electron chi connectivity index (χ3n) is 2.87. The average molecular weight is 368 g/mol. The molecule has 0 radical (unpaired) electrons. The minimum atomic E-state index is -4.52. The molecule has 0 fully saturated rings. The van der Waals surface area contributed by atoms with E-state index >= 15 is 0 Å². The number of rotatable bonds is 3. The summed E-state index contributed by atoms with van der Waals surface area (Å²) in [7, 11) is 0. The SMILES string of the molecule is CC(NC(=O)CC(F)(F)F)c1cc2c(cc1Br)OCCO2. The molecule has 1 aromatic carbocycles. The Labute approximate surface area is 127 Å². The predicted octanol–water partition coefficient (Wildman–Crippen LogP) is 3.35. The summed E-state index contributed by atoms with van der Waals surface area (Å²) < 4.78 is 47.9. The summed E-state index contributed by atoms with van der Waals surface area (Å²) in [4.78, 5) is 11.3. The number of carbonyl (C=O) groups excluding carboxylic acids is 1. The first-order chi connectivity index (χ1) is 9.76. The van der Waals surface area contributed by atoms with Crippen LogP contribution in [-0.2, 0) is 4.79 Å². The van der Waals surface area contributed by atoms with Gasteiger partial charge in [0.1, 0.15) is 19.6 Å². The van der Waals surface area contributed by atoms with Gasteiger partial charge in [0.25, 0.3) is 0 Å². The molecule has 8 heteroatoms. The first-order valence-corrected chi connectivity index (χ1v) is 7.01. The fourth-order valence-corrected chi connectivity index (χ4v) is 2.63. The highest BCUT2D eigenvalue weighted by Gasteiger charge is 2.32. The van der Waals surface area contributed by atoms with Crippen LogP contribution >= 0.6 is 15.9 Å². The van der Waals surface area contributed by atoms with Crippen molar-refractivity contribution in [1.82, 2.24) is 5.32 Å². The Balaban J connectivity index is 2.12. The smallest absolute Gasteiger partial charge is 0.397 e. The molecule has 2 rings (SSSR count). The number of benzene rings is 1. The molecule has 4 nitrogen and oxygen atoms in total. The minimum absolute atomic E-state index is 0.406. The molecule has 0 spiro atoms. The Bertz CT molecular complexity index is 548. The van der Waals surface area contributed by atoms with E-state index in [-0.39, 0.29) is 0 Å². The lowest BCUT2D eigenvalue weighted by atomic mass is 10.1. The molecule has 1 atom stereocenters. The van der Waals surface area contributed by atoms with Gasteiger partial charge in [0.05, 0.1) is 6.04 Å². The molecule has 0 bridgehead atoms. The van der Waals surface area contributed by atoms with Crippen LogP contribution in [0.3, 0.4) is 0 Å². The summed E-state index contributed by atoms with van der Waals surface area (Å²) in [6, 6.07) is 2.73. The van der Waals surface area contributed by atoms with Crippen molar-refractivity contribution in [1.29, 1.82) is 0 Å². The number of halogens is 4. The monoisotopic (exact) mass is 367 g/mol. The zero-order chi connectivity index (χ0) is 15.6. The summed E-state index contributed by atoms with van der Waals surface area (Å²) >= 11 is 3.32. The highest BCUT2D eigenvalue weighted by molar-refractivity contribution is 9.10. The van der Waals surface area contributed by atoms with Gasteiger partial charge in [-0.1, -0.05) is 15.9 Å². The van der Waals surface area contributed by atoms with Crippen molar-refractivity contribution in [2.45, 2.75) is 25.6 Å². The van der Waals surface area contributed by atoms with Crippen LogP contribution in [0.5, 0.6) is 11.5 Å². The Morgan fingerprint density at radius 1 is 1.33 bits per heavy atom. The molecule has 0 aromatic heterocycles. The second kappa shape index (κ2) is 6.13. The van der Waals surface area contributed by atoms with Crippen LogP contribution in [0.4, 0.5) is 13.2 Å². The van der Waals surface area contributed by atoms with Crippen LogP contribution in [-0.4, -0.2) is 25.3 Å². The maximum Gasteiger partial charge on any atom is 0.397 e. The van der Waals surface area contributed by atoms with E-state index in [9.17, 15) is 18.0 Å². The lowest BCUT2D eigenvalue weighted by Gasteiger charge is -2.22. The van der Waals surface area contributed by atoms with E-state index in [2.05, 4.69) is 21.2 Å². The molecule has 1 amide bonds. The maximum absolute atomic E-state index is 12.2.